The molecule has 0 fully saturated rings. The molecule has 36 heavy (non-hydrogen) atoms. The first kappa shape index (κ1) is 24.6. The molecule has 0 saturated heterocycles. The number of Topliss-reactive ketones (excluding diaryl/α,β-unsaturated/α-hetero) is 1. The van der Waals surface area contributed by atoms with Gasteiger partial charge >= 0.3 is 5.97 Å². The number of pyridine rings is 1. The Bertz CT molecular complexity index is 1670. The number of H-pyrrole nitrogens is 1. The monoisotopic (exact) mass is 498 g/mol. The van der Waals surface area contributed by atoms with E-state index in [1.165, 1.54) is 4.57 Å². The maximum Gasteiger partial charge on any atom is 0.340 e. The number of benzene rings is 1. The highest BCUT2D eigenvalue weighted by molar-refractivity contribution is 7.07. The average molecular weight is 499 g/mol. The number of aromatic nitrogens is 3. The topological polar surface area (TPSA) is 118 Å². The van der Waals surface area contributed by atoms with Crippen LogP contribution in [0.4, 0.5) is 0 Å². The maximum absolute atomic E-state index is 13.6. The maximum atomic E-state index is 13.6. The number of carbonyl (C=O) groups excluding carboxylic acids is 2. The number of ether oxygens (including phenoxy) is 1. The lowest BCUT2D eigenvalue weighted by Crippen LogP contribution is -2.31. The third-order valence-corrected chi connectivity index (χ3v) is 6.59. The largest absolute Gasteiger partial charge is 0.462 e. The van der Waals surface area contributed by atoms with Gasteiger partial charge in [0.1, 0.15) is 16.3 Å². The highest BCUT2D eigenvalue weighted by Gasteiger charge is 2.26. The first-order chi connectivity index (χ1) is 17.4. The Morgan fingerprint density at radius 3 is 2.53 bits per heavy atom. The van der Waals surface area contributed by atoms with Gasteiger partial charge in [-0.25, -0.2) is 4.79 Å². The number of nitrogens with one attached hydrogen (secondary N) is 1. The number of esters is 1. The first-order valence-corrected chi connectivity index (χ1v) is 11.9. The Morgan fingerprint density at radius 2 is 1.89 bits per heavy atom. The molecule has 0 spiro atoms. The van der Waals surface area contributed by atoms with Gasteiger partial charge in [0.2, 0.25) is 5.78 Å². The predicted molar refractivity (Wildman–Crippen MR) is 137 cm³/mol. The molecule has 0 amide bonds. The second-order valence-electron chi connectivity index (χ2n) is 7.81. The Kier molecular flexibility index (Phi) is 7.08. The molecular weight excluding hydrogens is 476 g/mol. The fourth-order valence-corrected chi connectivity index (χ4v) is 4.95. The third-order valence-electron chi connectivity index (χ3n) is 5.50. The van der Waals surface area contributed by atoms with Crippen molar-refractivity contribution in [3.05, 3.63) is 102 Å². The summed E-state index contributed by atoms with van der Waals surface area (Å²) in [5, 5.41) is 10.1. The average Bonchev–Trinajstić information content (AvgIpc) is 3.36. The molecule has 1 N–H and O–H groups in total. The number of nitrogens with zero attached hydrogens (tertiary/aromatic N) is 3. The number of hydrogen-bond donors (Lipinski definition) is 1. The summed E-state index contributed by atoms with van der Waals surface area (Å²) in [5.41, 5.74) is 1.69. The number of rotatable bonds is 6. The Balaban J connectivity index is 2.00. The number of aromatic amines is 1. The van der Waals surface area contributed by atoms with Gasteiger partial charge in [0.25, 0.3) is 5.56 Å². The highest BCUT2D eigenvalue weighted by atomic mass is 32.1. The van der Waals surface area contributed by atoms with Crippen LogP contribution in [0.2, 0.25) is 0 Å². The van der Waals surface area contributed by atoms with Crippen LogP contribution in [0, 0.1) is 25.2 Å². The Morgan fingerprint density at radius 1 is 1.17 bits per heavy atom. The summed E-state index contributed by atoms with van der Waals surface area (Å²) in [6.45, 7) is 5.17. The SMILES string of the molecule is CCOC(=O)c1c(C)[nH]c(C(=O)/C(C#N)=c2\s/c(=C/c3ccccn3)c(=O)n2-c2ccccc2)c1C. The van der Waals surface area contributed by atoms with Gasteiger partial charge in [-0.15, -0.1) is 11.3 Å². The molecule has 3 heterocycles. The Hall–Kier alpha value is -4.55. The van der Waals surface area contributed by atoms with Crippen LogP contribution in [-0.2, 0) is 4.74 Å². The minimum atomic E-state index is -0.621. The first-order valence-electron chi connectivity index (χ1n) is 11.1. The van der Waals surface area contributed by atoms with E-state index in [1.807, 2.05) is 12.1 Å². The van der Waals surface area contributed by atoms with E-state index in [-0.39, 0.29) is 33.7 Å². The number of aryl methyl sites for hydroxylation is 1. The zero-order valence-electron chi connectivity index (χ0n) is 19.9. The van der Waals surface area contributed by atoms with Gasteiger partial charge in [0, 0.05) is 11.9 Å². The molecule has 9 heteroatoms. The van der Waals surface area contributed by atoms with E-state index in [9.17, 15) is 19.6 Å². The summed E-state index contributed by atoms with van der Waals surface area (Å²) in [5.74, 6) is -1.17. The minimum absolute atomic E-state index is 0.0998. The summed E-state index contributed by atoms with van der Waals surface area (Å²) < 4.78 is 6.97. The fourth-order valence-electron chi connectivity index (χ4n) is 3.86. The standard InChI is InChI=1S/C27H22N4O4S/c1-4-35-27(34)22-16(2)23(30-17(22)3)24(32)20(15-28)26-31(19-11-6-5-7-12-19)25(33)21(36-26)14-18-10-8-9-13-29-18/h5-14,30H,4H2,1-3H3/b21-14+,26-20-. The van der Waals surface area contributed by atoms with Crippen molar-refractivity contribution in [3.8, 4) is 11.8 Å². The zero-order valence-corrected chi connectivity index (χ0v) is 20.7. The normalized spacial score (nSPS) is 12.2. The van der Waals surface area contributed by atoms with Gasteiger partial charge in [-0.3, -0.25) is 19.1 Å². The van der Waals surface area contributed by atoms with E-state index in [2.05, 4.69) is 9.97 Å². The van der Waals surface area contributed by atoms with Crippen molar-refractivity contribution >= 4 is 34.7 Å². The van der Waals surface area contributed by atoms with E-state index in [1.54, 1.807) is 75.5 Å². The third kappa shape index (κ3) is 4.54. The molecule has 0 atom stereocenters. The molecule has 8 nitrogen and oxygen atoms in total. The van der Waals surface area contributed by atoms with Crippen LogP contribution in [0.1, 0.15) is 44.7 Å². The molecule has 0 aliphatic carbocycles. The smallest absolute Gasteiger partial charge is 0.340 e. The molecule has 180 valence electrons. The molecule has 0 aliphatic rings. The summed E-state index contributed by atoms with van der Waals surface area (Å²) in [6, 6.07) is 16.1. The van der Waals surface area contributed by atoms with Gasteiger partial charge in [-0.05, 0) is 56.7 Å². The summed E-state index contributed by atoms with van der Waals surface area (Å²) in [7, 11) is 0. The minimum Gasteiger partial charge on any atom is -0.462 e. The number of nitriles is 1. The van der Waals surface area contributed by atoms with E-state index < -0.39 is 11.8 Å². The van der Waals surface area contributed by atoms with Gasteiger partial charge in [-0.2, -0.15) is 5.26 Å². The molecule has 1 aromatic carbocycles. The summed E-state index contributed by atoms with van der Waals surface area (Å²) in [6.07, 6.45) is 3.24. The molecular formula is C27H22N4O4S. The highest BCUT2D eigenvalue weighted by Crippen LogP contribution is 2.21. The van der Waals surface area contributed by atoms with E-state index in [0.717, 1.165) is 11.3 Å². The number of hydrogen-bond acceptors (Lipinski definition) is 7. The van der Waals surface area contributed by atoms with Crippen molar-refractivity contribution < 1.29 is 14.3 Å². The second-order valence-corrected chi connectivity index (χ2v) is 8.84. The van der Waals surface area contributed by atoms with Crippen molar-refractivity contribution in [2.75, 3.05) is 6.61 Å². The molecule has 0 aliphatic heterocycles. The van der Waals surface area contributed by atoms with Gasteiger partial charge in [0.05, 0.1) is 33.8 Å². The lowest BCUT2D eigenvalue weighted by atomic mass is 10.0. The summed E-state index contributed by atoms with van der Waals surface area (Å²) in [4.78, 5) is 46.7. The van der Waals surface area contributed by atoms with Gasteiger partial charge in [0.15, 0.2) is 0 Å². The van der Waals surface area contributed by atoms with Crippen molar-refractivity contribution in [3.63, 3.8) is 0 Å². The van der Waals surface area contributed by atoms with Crippen molar-refractivity contribution in [2.45, 2.75) is 20.8 Å². The van der Waals surface area contributed by atoms with Crippen LogP contribution in [0.3, 0.4) is 0 Å². The Labute approximate surface area is 210 Å². The number of carbonyl (C=O) groups is 2. The van der Waals surface area contributed by atoms with Crippen molar-refractivity contribution in [1.29, 1.82) is 5.26 Å². The van der Waals surface area contributed by atoms with Crippen LogP contribution < -0.4 is 14.8 Å². The van der Waals surface area contributed by atoms with Gasteiger partial charge < -0.3 is 9.72 Å². The van der Waals surface area contributed by atoms with Crippen LogP contribution in [0.25, 0.3) is 17.3 Å². The second kappa shape index (κ2) is 10.4. The lowest BCUT2D eigenvalue weighted by Gasteiger charge is -2.04. The molecule has 4 aromatic rings. The van der Waals surface area contributed by atoms with Crippen LogP contribution in [0.15, 0.2) is 59.5 Å². The van der Waals surface area contributed by atoms with Crippen LogP contribution in [0.5, 0.6) is 0 Å². The van der Waals surface area contributed by atoms with E-state index >= 15 is 0 Å². The summed E-state index contributed by atoms with van der Waals surface area (Å²) >= 11 is 1.03. The van der Waals surface area contributed by atoms with E-state index in [0.29, 0.717) is 27.2 Å². The number of thiazole rings is 1. The van der Waals surface area contributed by atoms with Crippen molar-refractivity contribution in [2.24, 2.45) is 0 Å². The lowest BCUT2D eigenvalue weighted by molar-refractivity contribution is 0.0525. The number of para-hydroxylation sites is 1. The quantitative estimate of drug-likeness (QED) is 0.323. The predicted octanol–water partition coefficient (Wildman–Crippen LogP) is 2.80. The number of ketones is 1. The molecule has 0 unspecified atom stereocenters. The molecule has 4 rings (SSSR count). The van der Waals surface area contributed by atoms with Crippen molar-refractivity contribution in [1.82, 2.24) is 14.5 Å². The zero-order chi connectivity index (χ0) is 25.8. The molecule has 0 saturated carbocycles. The van der Waals surface area contributed by atoms with E-state index in [4.69, 9.17) is 4.74 Å². The fraction of sp³-hybridized carbons (Fsp3) is 0.148. The molecule has 3 aromatic heterocycles. The van der Waals surface area contributed by atoms with Crippen LogP contribution >= 0.6 is 11.3 Å². The van der Waals surface area contributed by atoms with Crippen LogP contribution in [-0.4, -0.2) is 32.9 Å². The molecule has 0 bridgehead atoms. The molecule has 0 radical (unpaired) electrons. The van der Waals surface area contributed by atoms with Gasteiger partial charge in [-0.1, -0.05) is 24.3 Å².